The monoisotopic (exact) mass is 154 g/mol. The molecule has 0 saturated carbocycles. The van der Waals surface area contributed by atoms with Gasteiger partial charge in [0.15, 0.2) is 11.9 Å². The minimum atomic E-state index is -0.549. The average Bonchev–Trinajstić information content (AvgIpc) is 2.09. The van der Waals surface area contributed by atoms with Crippen molar-refractivity contribution in [2.24, 2.45) is 0 Å². The third kappa shape index (κ3) is 1.90. The van der Waals surface area contributed by atoms with Gasteiger partial charge in [-0.05, 0) is 13.0 Å². The number of carbonyl (C=O) groups excluding carboxylic acids is 2. The fourth-order valence-electron chi connectivity index (χ4n) is 1.09. The molecule has 3 nitrogen and oxygen atoms in total. The highest BCUT2D eigenvalue weighted by atomic mass is 16.5. The van der Waals surface area contributed by atoms with Crippen LogP contribution in [0.4, 0.5) is 0 Å². The molecule has 1 rings (SSSR count). The van der Waals surface area contributed by atoms with Gasteiger partial charge in [-0.15, -0.1) is 0 Å². The smallest absolute Gasteiger partial charge is 0.303 e. The van der Waals surface area contributed by atoms with Crippen LogP contribution in [0.25, 0.3) is 0 Å². The summed E-state index contributed by atoms with van der Waals surface area (Å²) in [5.41, 5.74) is 0.973. The normalized spacial score (nSPS) is 23.3. The number of hydrogen-bond acceptors (Lipinski definition) is 3. The Morgan fingerprint density at radius 1 is 1.73 bits per heavy atom. The van der Waals surface area contributed by atoms with Gasteiger partial charge in [-0.25, -0.2) is 0 Å². The van der Waals surface area contributed by atoms with Crippen molar-refractivity contribution in [1.82, 2.24) is 0 Å². The molecule has 0 spiro atoms. The van der Waals surface area contributed by atoms with E-state index in [2.05, 4.69) is 0 Å². The predicted molar refractivity (Wildman–Crippen MR) is 38.9 cm³/mol. The molecule has 0 aliphatic heterocycles. The van der Waals surface area contributed by atoms with Crippen molar-refractivity contribution in [3.63, 3.8) is 0 Å². The van der Waals surface area contributed by atoms with Crippen LogP contribution in [0.3, 0.4) is 0 Å². The molecule has 0 aromatic heterocycles. The molecule has 3 heteroatoms. The summed E-state index contributed by atoms with van der Waals surface area (Å²) in [6.07, 6.45) is 1.53. The van der Waals surface area contributed by atoms with E-state index in [1.165, 1.54) is 13.0 Å². The standard InChI is InChI=1S/C8H10O3/c1-5-3-7(10)8(4-5)11-6(2)9/h3,8H,4H2,1-2H3. The molecule has 0 N–H and O–H groups in total. The number of ether oxygens (including phenoxy) is 1. The molecule has 1 atom stereocenters. The molecule has 1 unspecified atom stereocenters. The molecule has 0 bridgehead atoms. The fraction of sp³-hybridized carbons (Fsp3) is 0.500. The maximum absolute atomic E-state index is 11.0. The van der Waals surface area contributed by atoms with E-state index in [0.717, 1.165) is 5.57 Å². The first-order valence-electron chi connectivity index (χ1n) is 3.48. The molecule has 0 aromatic rings. The van der Waals surface area contributed by atoms with Gasteiger partial charge in [-0.2, -0.15) is 0 Å². The van der Waals surface area contributed by atoms with E-state index in [1.807, 2.05) is 6.92 Å². The van der Waals surface area contributed by atoms with E-state index in [-0.39, 0.29) is 5.78 Å². The lowest BCUT2D eigenvalue weighted by molar-refractivity contribution is -0.150. The van der Waals surface area contributed by atoms with Crippen LogP contribution >= 0.6 is 0 Å². The highest BCUT2D eigenvalue weighted by Crippen LogP contribution is 2.17. The van der Waals surface area contributed by atoms with Crippen molar-refractivity contribution in [3.8, 4) is 0 Å². The van der Waals surface area contributed by atoms with Crippen LogP contribution in [0.2, 0.25) is 0 Å². The van der Waals surface area contributed by atoms with Gasteiger partial charge in [-0.3, -0.25) is 9.59 Å². The first-order chi connectivity index (χ1) is 5.09. The molecular weight excluding hydrogens is 144 g/mol. The average molecular weight is 154 g/mol. The zero-order valence-electron chi connectivity index (χ0n) is 6.59. The summed E-state index contributed by atoms with van der Waals surface area (Å²) < 4.78 is 4.75. The SMILES string of the molecule is CC(=O)OC1CC(C)=CC1=O. The second-order valence-corrected chi connectivity index (χ2v) is 2.70. The topological polar surface area (TPSA) is 43.4 Å². The Kier molecular flexibility index (Phi) is 2.08. The largest absolute Gasteiger partial charge is 0.454 e. The zero-order valence-corrected chi connectivity index (χ0v) is 6.59. The molecule has 0 saturated heterocycles. The van der Waals surface area contributed by atoms with E-state index < -0.39 is 12.1 Å². The maximum Gasteiger partial charge on any atom is 0.303 e. The van der Waals surface area contributed by atoms with Crippen LogP contribution in [-0.2, 0) is 14.3 Å². The highest BCUT2D eigenvalue weighted by molar-refractivity contribution is 5.97. The number of hydrogen-bond donors (Lipinski definition) is 0. The first-order valence-corrected chi connectivity index (χ1v) is 3.48. The van der Waals surface area contributed by atoms with E-state index in [9.17, 15) is 9.59 Å². The Hall–Kier alpha value is -1.12. The molecule has 0 aromatic carbocycles. The van der Waals surface area contributed by atoms with Gasteiger partial charge in [0.2, 0.25) is 0 Å². The number of carbonyl (C=O) groups is 2. The second-order valence-electron chi connectivity index (χ2n) is 2.70. The van der Waals surface area contributed by atoms with Gasteiger partial charge in [0, 0.05) is 13.3 Å². The van der Waals surface area contributed by atoms with Gasteiger partial charge in [0.1, 0.15) is 0 Å². The van der Waals surface area contributed by atoms with Crippen LogP contribution < -0.4 is 0 Å². The van der Waals surface area contributed by atoms with Gasteiger partial charge in [0.25, 0.3) is 0 Å². The van der Waals surface area contributed by atoms with E-state index in [0.29, 0.717) is 6.42 Å². The number of esters is 1. The molecule has 0 fully saturated rings. The van der Waals surface area contributed by atoms with E-state index >= 15 is 0 Å². The molecule has 0 heterocycles. The minimum absolute atomic E-state index is 0.0994. The van der Waals surface area contributed by atoms with Crippen LogP contribution in [0.5, 0.6) is 0 Å². The first kappa shape index (κ1) is 7.98. The molecule has 11 heavy (non-hydrogen) atoms. The maximum atomic E-state index is 11.0. The van der Waals surface area contributed by atoms with Gasteiger partial charge in [0.05, 0.1) is 0 Å². The van der Waals surface area contributed by atoms with E-state index in [1.54, 1.807) is 0 Å². The second kappa shape index (κ2) is 2.86. The molecule has 0 radical (unpaired) electrons. The van der Waals surface area contributed by atoms with Crippen molar-refractivity contribution in [2.75, 3.05) is 0 Å². The highest BCUT2D eigenvalue weighted by Gasteiger charge is 2.25. The summed E-state index contributed by atoms with van der Waals surface area (Å²) in [6, 6.07) is 0. The Balaban J connectivity index is 2.53. The lowest BCUT2D eigenvalue weighted by Crippen LogP contribution is -2.20. The van der Waals surface area contributed by atoms with Crippen molar-refractivity contribution in [3.05, 3.63) is 11.6 Å². The lowest BCUT2D eigenvalue weighted by Gasteiger charge is -2.07. The summed E-state index contributed by atoms with van der Waals surface area (Å²) in [6.45, 7) is 3.16. The Bertz CT molecular complexity index is 227. The third-order valence-corrected chi connectivity index (χ3v) is 1.52. The van der Waals surface area contributed by atoms with Gasteiger partial charge < -0.3 is 4.74 Å². The summed E-state index contributed by atoms with van der Waals surface area (Å²) >= 11 is 0. The Morgan fingerprint density at radius 2 is 2.36 bits per heavy atom. The van der Waals surface area contributed by atoms with Crippen LogP contribution in [0.1, 0.15) is 20.3 Å². The molecule has 1 aliphatic carbocycles. The molecule has 0 amide bonds. The fourth-order valence-corrected chi connectivity index (χ4v) is 1.09. The van der Waals surface area contributed by atoms with Crippen LogP contribution in [0.15, 0.2) is 11.6 Å². The molecule has 1 aliphatic rings. The van der Waals surface area contributed by atoms with Crippen molar-refractivity contribution >= 4 is 11.8 Å². The predicted octanol–water partition coefficient (Wildman–Crippen LogP) is 0.837. The van der Waals surface area contributed by atoms with Crippen LogP contribution in [-0.4, -0.2) is 17.9 Å². The lowest BCUT2D eigenvalue weighted by atomic mass is 10.2. The molecule has 60 valence electrons. The Morgan fingerprint density at radius 3 is 2.73 bits per heavy atom. The van der Waals surface area contributed by atoms with Crippen molar-refractivity contribution in [2.45, 2.75) is 26.4 Å². The summed E-state index contributed by atoms with van der Waals surface area (Å²) in [5.74, 6) is -0.496. The van der Waals surface area contributed by atoms with Crippen molar-refractivity contribution in [1.29, 1.82) is 0 Å². The van der Waals surface area contributed by atoms with E-state index in [4.69, 9.17) is 4.74 Å². The molecular formula is C8H10O3. The Labute approximate surface area is 65.0 Å². The van der Waals surface area contributed by atoms with Gasteiger partial charge >= 0.3 is 5.97 Å². The number of ketones is 1. The minimum Gasteiger partial charge on any atom is -0.454 e. The summed E-state index contributed by atoms with van der Waals surface area (Å²) in [7, 11) is 0. The zero-order chi connectivity index (χ0) is 8.43. The summed E-state index contributed by atoms with van der Waals surface area (Å²) in [4.78, 5) is 21.4. The quantitative estimate of drug-likeness (QED) is 0.525. The summed E-state index contributed by atoms with van der Waals surface area (Å²) in [5, 5.41) is 0. The third-order valence-electron chi connectivity index (χ3n) is 1.52. The van der Waals surface area contributed by atoms with Gasteiger partial charge in [-0.1, -0.05) is 5.57 Å². The van der Waals surface area contributed by atoms with Crippen molar-refractivity contribution < 1.29 is 14.3 Å². The number of rotatable bonds is 1. The van der Waals surface area contributed by atoms with Crippen LogP contribution in [0, 0.1) is 0 Å².